The number of aromatic nitrogens is 1. The lowest BCUT2D eigenvalue weighted by molar-refractivity contribution is 0.654. The van der Waals surface area contributed by atoms with Gasteiger partial charge in [0.1, 0.15) is 5.58 Å². The molecule has 0 aliphatic heterocycles. The van der Waals surface area contributed by atoms with Crippen LogP contribution in [0, 0.1) is 0 Å². The van der Waals surface area contributed by atoms with E-state index in [2.05, 4.69) is 175 Å². The van der Waals surface area contributed by atoms with Gasteiger partial charge in [0.25, 0.3) is 0 Å². The molecule has 9 rings (SSSR count). The smallest absolute Gasteiger partial charge is 0.227 e. The zero-order chi connectivity index (χ0) is 31.9. The summed E-state index contributed by atoms with van der Waals surface area (Å²) in [6, 6.07) is 62.2. The molecular weight excluding hydrogens is 585 g/mol. The van der Waals surface area contributed by atoms with Crippen LogP contribution in [-0.2, 0) is 0 Å². The first kappa shape index (κ1) is 27.8. The van der Waals surface area contributed by atoms with Gasteiger partial charge in [0, 0.05) is 39.6 Å². The highest BCUT2D eigenvalue weighted by atomic mass is 16.3. The van der Waals surface area contributed by atoms with Crippen LogP contribution in [0.1, 0.15) is 0 Å². The first-order valence-corrected chi connectivity index (χ1v) is 16.2. The summed E-state index contributed by atoms with van der Waals surface area (Å²) in [4.78, 5) is 7.07. The van der Waals surface area contributed by atoms with Crippen LogP contribution >= 0.6 is 0 Å². The standard InChI is InChI=1S/C45H30N2O/c1-3-10-31(11-4-1)33-18-23-38(24-19-33)47(40-16-9-15-36(28-40)32-12-5-2-6-13-32)39-25-20-34(21-26-39)37-29-42-44-41-17-8-7-14-35(41)22-27-43(44)48-45(42)46-30-37/h1-30H. The minimum absolute atomic E-state index is 0.658. The van der Waals surface area contributed by atoms with E-state index in [1.807, 2.05) is 12.3 Å². The van der Waals surface area contributed by atoms with Crippen molar-refractivity contribution in [1.29, 1.82) is 0 Å². The Labute approximate surface area is 279 Å². The van der Waals surface area contributed by atoms with Crippen LogP contribution in [0.4, 0.5) is 17.1 Å². The van der Waals surface area contributed by atoms with Crippen LogP contribution < -0.4 is 4.90 Å². The van der Waals surface area contributed by atoms with Crippen LogP contribution in [0.5, 0.6) is 0 Å². The summed E-state index contributed by atoms with van der Waals surface area (Å²) in [6.07, 6.45) is 1.91. The number of furan rings is 1. The van der Waals surface area contributed by atoms with Gasteiger partial charge in [-0.15, -0.1) is 0 Å². The Kier molecular flexibility index (Phi) is 6.80. The Hall–Kier alpha value is -6.45. The van der Waals surface area contributed by atoms with Gasteiger partial charge in [-0.2, -0.15) is 0 Å². The largest absolute Gasteiger partial charge is 0.438 e. The van der Waals surface area contributed by atoms with E-state index < -0.39 is 0 Å². The van der Waals surface area contributed by atoms with Crippen LogP contribution in [0.15, 0.2) is 187 Å². The molecule has 0 saturated carbocycles. The zero-order valence-electron chi connectivity index (χ0n) is 26.1. The number of anilines is 3. The molecule has 3 nitrogen and oxygen atoms in total. The molecule has 0 amide bonds. The summed E-state index contributed by atoms with van der Waals surface area (Å²) in [5.74, 6) is 0. The second-order valence-electron chi connectivity index (χ2n) is 12.1. The zero-order valence-corrected chi connectivity index (χ0v) is 26.1. The van der Waals surface area contributed by atoms with E-state index in [0.717, 1.165) is 44.5 Å². The molecular formula is C45H30N2O. The van der Waals surface area contributed by atoms with Crippen molar-refractivity contribution >= 4 is 49.9 Å². The molecule has 0 atom stereocenters. The molecule has 0 spiro atoms. The Morgan fingerprint density at radius 2 is 0.979 bits per heavy atom. The maximum Gasteiger partial charge on any atom is 0.227 e. The van der Waals surface area contributed by atoms with Crippen LogP contribution in [-0.4, -0.2) is 4.98 Å². The highest BCUT2D eigenvalue weighted by Crippen LogP contribution is 2.39. The molecule has 226 valence electrons. The lowest BCUT2D eigenvalue weighted by Gasteiger charge is -2.26. The lowest BCUT2D eigenvalue weighted by atomic mass is 10.0. The lowest BCUT2D eigenvalue weighted by Crippen LogP contribution is -2.10. The third kappa shape index (κ3) is 4.99. The van der Waals surface area contributed by atoms with E-state index in [1.54, 1.807) is 0 Å². The average molecular weight is 615 g/mol. The van der Waals surface area contributed by atoms with Crippen molar-refractivity contribution in [3.63, 3.8) is 0 Å². The Bertz CT molecular complexity index is 2540. The minimum atomic E-state index is 0.658. The van der Waals surface area contributed by atoms with Gasteiger partial charge in [-0.05, 0) is 87.1 Å². The Morgan fingerprint density at radius 1 is 0.396 bits per heavy atom. The molecule has 0 saturated heterocycles. The van der Waals surface area contributed by atoms with Crippen LogP contribution in [0.3, 0.4) is 0 Å². The van der Waals surface area contributed by atoms with Gasteiger partial charge in [0.05, 0.1) is 0 Å². The van der Waals surface area contributed by atoms with Crippen molar-refractivity contribution < 1.29 is 4.42 Å². The molecule has 48 heavy (non-hydrogen) atoms. The number of rotatable bonds is 6. The number of hydrogen-bond donors (Lipinski definition) is 0. The van der Waals surface area contributed by atoms with E-state index in [-0.39, 0.29) is 0 Å². The van der Waals surface area contributed by atoms with Gasteiger partial charge in [-0.25, -0.2) is 4.98 Å². The molecule has 0 radical (unpaired) electrons. The molecule has 2 aromatic heterocycles. The molecule has 0 bridgehead atoms. The minimum Gasteiger partial charge on any atom is -0.438 e. The van der Waals surface area contributed by atoms with Crippen molar-refractivity contribution in [2.24, 2.45) is 0 Å². The SMILES string of the molecule is c1ccc(-c2ccc(N(c3ccc(-c4cnc5oc6ccc7ccccc7c6c5c4)cc3)c3cccc(-c4ccccc4)c3)cc2)cc1. The van der Waals surface area contributed by atoms with E-state index in [4.69, 9.17) is 9.40 Å². The molecule has 7 aromatic carbocycles. The van der Waals surface area contributed by atoms with Gasteiger partial charge < -0.3 is 9.32 Å². The summed E-state index contributed by atoms with van der Waals surface area (Å²) in [7, 11) is 0. The molecule has 0 aliphatic carbocycles. The molecule has 0 unspecified atom stereocenters. The third-order valence-electron chi connectivity index (χ3n) is 9.12. The van der Waals surface area contributed by atoms with Gasteiger partial charge >= 0.3 is 0 Å². The average Bonchev–Trinajstić information content (AvgIpc) is 3.55. The Balaban J connectivity index is 1.13. The highest BCUT2D eigenvalue weighted by molar-refractivity contribution is 6.18. The summed E-state index contributed by atoms with van der Waals surface area (Å²) < 4.78 is 6.16. The third-order valence-corrected chi connectivity index (χ3v) is 9.12. The van der Waals surface area contributed by atoms with Crippen molar-refractivity contribution in [3.05, 3.63) is 182 Å². The molecule has 2 heterocycles. The quantitative estimate of drug-likeness (QED) is 0.187. The molecule has 3 heteroatoms. The second kappa shape index (κ2) is 11.7. The van der Waals surface area contributed by atoms with Gasteiger partial charge in [-0.3, -0.25) is 0 Å². The predicted octanol–water partition coefficient (Wildman–Crippen LogP) is 12.6. The summed E-state index contributed by atoms with van der Waals surface area (Å²) in [6.45, 7) is 0. The molecule has 0 aliphatic rings. The second-order valence-corrected chi connectivity index (χ2v) is 12.1. The van der Waals surface area contributed by atoms with E-state index >= 15 is 0 Å². The van der Waals surface area contributed by atoms with Crippen molar-refractivity contribution in [1.82, 2.24) is 4.98 Å². The monoisotopic (exact) mass is 614 g/mol. The summed E-state index contributed by atoms with van der Waals surface area (Å²) >= 11 is 0. The number of pyridine rings is 1. The normalized spacial score (nSPS) is 11.3. The fourth-order valence-corrected chi connectivity index (χ4v) is 6.73. The van der Waals surface area contributed by atoms with Crippen LogP contribution in [0.2, 0.25) is 0 Å². The van der Waals surface area contributed by atoms with Gasteiger partial charge in [0.15, 0.2) is 0 Å². The highest BCUT2D eigenvalue weighted by Gasteiger charge is 2.16. The maximum absolute atomic E-state index is 6.16. The van der Waals surface area contributed by atoms with E-state index in [9.17, 15) is 0 Å². The number of nitrogens with zero attached hydrogens (tertiary/aromatic N) is 2. The number of hydrogen-bond acceptors (Lipinski definition) is 3. The van der Waals surface area contributed by atoms with E-state index in [1.165, 1.54) is 33.0 Å². The maximum atomic E-state index is 6.16. The summed E-state index contributed by atoms with van der Waals surface area (Å²) in [5, 5.41) is 4.50. The first-order chi connectivity index (χ1) is 23.8. The van der Waals surface area contributed by atoms with Crippen molar-refractivity contribution in [2.45, 2.75) is 0 Å². The number of fused-ring (bicyclic) bond motifs is 5. The first-order valence-electron chi connectivity index (χ1n) is 16.2. The molecule has 0 fully saturated rings. The van der Waals surface area contributed by atoms with Crippen LogP contribution in [0.25, 0.3) is 66.2 Å². The fraction of sp³-hybridized carbons (Fsp3) is 0. The van der Waals surface area contributed by atoms with Crippen molar-refractivity contribution in [3.8, 4) is 33.4 Å². The predicted molar refractivity (Wildman–Crippen MR) is 200 cm³/mol. The van der Waals surface area contributed by atoms with E-state index in [0.29, 0.717) is 5.71 Å². The van der Waals surface area contributed by atoms with Gasteiger partial charge in [0.2, 0.25) is 5.71 Å². The van der Waals surface area contributed by atoms with Gasteiger partial charge in [-0.1, -0.05) is 127 Å². The molecule has 0 N–H and O–H groups in total. The summed E-state index contributed by atoms with van der Waals surface area (Å²) in [5.41, 5.74) is 11.7. The number of benzene rings is 7. The molecule has 9 aromatic rings. The fourth-order valence-electron chi connectivity index (χ4n) is 6.73. The Morgan fingerprint density at radius 3 is 1.69 bits per heavy atom. The van der Waals surface area contributed by atoms with Crippen molar-refractivity contribution in [2.75, 3.05) is 4.90 Å². The topological polar surface area (TPSA) is 29.3 Å².